The highest BCUT2D eigenvalue weighted by atomic mass is 35.5. The van der Waals surface area contributed by atoms with E-state index in [0.29, 0.717) is 25.8 Å². The van der Waals surface area contributed by atoms with Crippen LogP contribution >= 0.6 is 46.4 Å². The minimum absolute atomic E-state index is 0.340. The third-order valence-corrected chi connectivity index (χ3v) is 3.98. The van der Waals surface area contributed by atoms with Crippen LogP contribution in [0, 0.1) is 0 Å². The Morgan fingerprint density at radius 2 is 1.44 bits per heavy atom. The predicted octanol–water partition coefficient (Wildman–Crippen LogP) is 5.98. The summed E-state index contributed by atoms with van der Waals surface area (Å²) in [6.45, 7) is 0. The molecule has 0 saturated carbocycles. The van der Waals surface area contributed by atoms with Gasteiger partial charge in [-0.2, -0.15) is 0 Å². The summed E-state index contributed by atoms with van der Waals surface area (Å²) < 4.78 is 5.09. The van der Waals surface area contributed by atoms with Gasteiger partial charge in [0.15, 0.2) is 0 Å². The lowest BCUT2D eigenvalue weighted by molar-refractivity contribution is 0.415. The van der Waals surface area contributed by atoms with Crippen molar-refractivity contribution in [1.82, 2.24) is 0 Å². The SMILES string of the molecule is COc1ccc(-c2cc(Cl)c(Cl)c(Cl)c2)c(Cl)c1. The molecule has 0 atom stereocenters. The number of benzene rings is 2. The Bertz CT molecular complexity index is 573. The van der Waals surface area contributed by atoms with Crippen LogP contribution in [0.15, 0.2) is 30.3 Å². The van der Waals surface area contributed by atoms with Crippen LogP contribution in [0.4, 0.5) is 0 Å². The van der Waals surface area contributed by atoms with Gasteiger partial charge in [0.05, 0.1) is 27.2 Å². The molecule has 2 aromatic carbocycles. The summed E-state index contributed by atoms with van der Waals surface area (Å²) in [7, 11) is 1.58. The standard InChI is InChI=1S/C13H8Cl4O/c1-18-8-2-3-9(10(14)6-8)7-4-11(15)13(17)12(16)5-7/h2-6H,1H3. The second-order valence-corrected chi connectivity index (χ2v) is 5.20. The summed E-state index contributed by atoms with van der Waals surface area (Å²) in [5.41, 5.74) is 1.62. The molecule has 1 nitrogen and oxygen atoms in total. The zero-order valence-corrected chi connectivity index (χ0v) is 12.3. The maximum absolute atomic E-state index is 6.19. The van der Waals surface area contributed by atoms with E-state index in [9.17, 15) is 0 Å². The van der Waals surface area contributed by atoms with Gasteiger partial charge in [-0.15, -0.1) is 0 Å². The number of rotatable bonds is 2. The highest BCUT2D eigenvalue weighted by molar-refractivity contribution is 6.48. The Balaban J connectivity index is 2.55. The summed E-state index contributed by atoms with van der Waals surface area (Å²) in [5.74, 6) is 0.690. The van der Waals surface area contributed by atoms with Crippen molar-refractivity contribution in [2.24, 2.45) is 0 Å². The highest BCUT2D eigenvalue weighted by Crippen LogP contribution is 2.38. The molecular weight excluding hydrogens is 314 g/mol. The lowest BCUT2D eigenvalue weighted by Gasteiger charge is -2.09. The van der Waals surface area contributed by atoms with Gasteiger partial charge in [-0.05, 0) is 35.9 Å². The first-order valence-electron chi connectivity index (χ1n) is 5.01. The summed E-state index contributed by atoms with van der Waals surface area (Å²) >= 11 is 24.1. The van der Waals surface area contributed by atoms with E-state index in [2.05, 4.69) is 0 Å². The van der Waals surface area contributed by atoms with Crippen molar-refractivity contribution in [3.8, 4) is 16.9 Å². The molecule has 0 N–H and O–H groups in total. The molecule has 0 unspecified atom stereocenters. The lowest BCUT2D eigenvalue weighted by atomic mass is 10.1. The van der Waals surface area contributed by atoms with Crippen LogP contribution in [0.1, 0.15) is 0 Å². The third kappa shape index (κ3) is 2.70. The number of methoxy groups -OCH3 is 1. The van der Waals surface area contributed by atoms with Gasteiger partial charge < -0.3 is 4.74 Å². The zero-order valence-electron chi connectivity index (χ0n) is 9.31. The average molecular weight is 322 g/mol. The van der Waals surface area contributed by atoms with Crippen molar-refractivity contribution in [2.75, 3.05) is 7.11 Å². The van der Waals surface area contributed by atoms with Gasteiger partial charge in [-0.25, -0.2) is 0 Å². The van der Waals surface area contributed by atoms with Crippen molar-refractivity contribution >= 4 is 46.4 Å². The van der Waals surface area contributed by atoms with E-state index in [1.165, 1.54) is 0 Å². The van der Waals surface area contributed by atoms with Crippen molar-refractivity contribution in [2.45, 2.75) is 0 Å². The fourth-order valence-electron chi connectivity index (χ4n) is 1.57. The van der Waals surface area contributed by atoms with Crippen molar-refractivity contribution in [3.63, 3.8) is 0 Å². The molecule has 18 heavy (non-hydrogen) atoms. The molecule has 5 heteroatoms. The topological polar surface area (TPSA) is 9.23 Å². The highest BCUT2D eigenvalue weighted by Gasteiger charge is 2.10. The Morgan fingerprint density at radius 1 is 0.833 bits per heavy atom. The van der Waals surface area contributed by atoms with E-state index in [4.69, 9.17) is 51.1 Å². The predicted molar refractivity (Wildman–Crippen MR) is 78.5 cm³/mol. The van der Waals surface area contributed by atoms with Crippen LogP contribution in [-0.4, -0.2) is 7.11 Å². The normalized spacial score (nSPS) is 10.5. The van der Waals surface area contributed by atoms with E-state index in [0.717, 1.165) is 11.1 Å². The first kappa shape index (κ1) is 13.8. The molecule has 0 aliphatic carbocycles. The Labute approximate surface area is 125 Å². The van der Waals surface area contributed by atoms with Crippen LogP contribution in [0.5, 0.6) is 5.75 Å². The average Bonchev–Trinajstić information content (AvgIpc) is 2.35. The van der Waals surface area contributed by atoms with Crippen LogP contribution < -0.4 is 4.74 Å². The summed E-state index contributed by atoms with van der Waals surface area (Å²) in [5, 5.41) is 1.69. The largest absolute Gasteiger partial charge is 0.497 e. The van der Waals surface area contributed by atoms with E-state index >= 15 is 0 Å². The fraction of sp³-hybridized carbons (Fsp3) is 0.0769. The molecule has 0 aliphatic heterocycles. The van der Waals surface area contributed by atoms with E-state index in [1.807, 2.05) is 12.1 Å². The molecular formula is C13H8Cl4O. The Kier molecular flexibility index (Phi) is 4.29. The van der Waals surface area contributed by atoms with Gasteiger partial charge in [-0.3, -0.25) is 0 Å². The van der Waals surface area contributed by atoms with Crippen LogP contribution in [0.3, 0.4) is 0 Å². The van der Waals surface area contributed by atoms with Crippen LogP contribution in [-0.2, 0) is 0 Å². The minimum atomic E-state index is 0.340. The number of hydrogen-bond donors (Lipinski definition) is 0. The van der Waals surface area contributed by atoms with Gasteiger partial charge in [0.25, 0.3) is 0 Å². The Morgan fingerprint density at radius 3 is 1.94 bits per heavy atom. The van der Waals surface area contributed by atoms with Crippen LogP contribution in [0.2, 0.25) is 20.1 Å². The smallest absolute Gasteiger partial charge is 0.120 e. The van der Waals surface area contributed by atoms with Crippen LogP contribution in [0.25, 0.3) is 11.1 Å². The minimum Gasteiger partial charge on any atom is -0.497 e. The molecule has 94 valence electrons. The molecule has 0 saturated heterocycles. The second kappa shape index (κ2) is 5.58. The number of ether oxygens (including phenoxy) is 1. The van der Waals surface area contributed by atoms with Crippen molar-refractivity contribution in [3.05, 3.63) is 50.4 Å². The maximum Gasteiger partial charge on any atom is 0.120 e. The molecule has 0 radical (unpaired) electrons. The number of hydrogen-bond acceptors (Lipinski definition) is 1. The van der Waals surface area contributed by atoms with Crippen molar-refractivity contribution < 1.29 is 4.74 Å². The zero-order chi connectivity index (χ0) is 13.3. The van der Waals surface area contributed by atoms with Gasteiger partial charge in [-0.1, -0.05) is 46.4 Å². The molecule has 0 fully saturated rings. The van der Waals surface area contributed by atoms with Gasteiger partial charge in [0.1, 0.15) is 5.75 Å². The van der Waals surface area contributed by atoms with Crippen molar-refractivity contribution in [1.29, 1.82) is 0 Å². The molecule has 0 heterocycles. The summed E-state index contributed by atoms with van der Waals surface area (Å²) in [6, 6.07) is 8.84. The first-order chi connectivity index (χ1) is 8.52. The maximum atomic E-state index is 6.19. The molecule has 0 spiro atoms. The quantitative estimate of drug-likeness (QED) is 0.618. The monoisotopic (exact) mass is 320 g/mol. The van der Waals surface area contributed by atoms with Gasteiger partial charge in [0.2, 0.25) is 0 Å². The summed E-state index contributed by atoms with van der Waals surface area (Å²) in [4.78, 5) is 0. The second-order valence-electron chi connectivity index (χ2n) is 3.60. The fourth-order valence-corrected chi connectivity index (χ4v) is 2.44. The number of halogens is 4. The van der Waals surface area contributed by atoms with Gasteiger partial charge >= 0.3 is 0 Å². The molecule has 0 aromatic heterocycles. The first-order valence-corrected chi connectivity index (χ1v) is 6.52. The molecule has 0 amide bonds. The van der Waals surface area contributed by atoms with Gasteiger partial charge in [0, 0.05) is 5.56 Å². The van der Waals surface area contributed by atoms with E-state index < -0.39 is 0 Å². The van der Waals surface area contributed by atoms with E-state index in [1.54, 1.807) is 25.3 Å². The van der Waals surface area contributed by atoms with E-state index in [-0.39, 0.29) is 0 Å². The third-order valence-electron chi connectivity index (χ3n) is 2.47. The molecule has 2 rings (SSSR count). The summed E-state index contributed by atoms with van der Waals surface area (Å²) in [6.07, 6.45) is 0. The molecule has 2 aromatic rings. The molecule has 0 aliphatic rings. The lowest BCUT2D eigenvalue weighted by Crippen LogP contribution is -1.85. The Hall–Kier alpha value is -0.600. The molecule has 0 bridgehead atoms.